The van der Waals surface area contributed by atoms with Crippen LogP contribution in [0.2, 0.25) is 6.82 Å². The molecule has 2 aromatic rings. The average molecular weight is 445 g/mol. The third kappa shape index (κ3) is 4.28. The summed E-state index contributed by atoms with van der Waals surface area (Å²) in [6.45, 7) is 5.61. The zero-order chi connectivity index (χ0) is 20.3. The molecule has 145 valence electrons. The number of rotatable bonds is 5. The van der Waals surface area contributed by atoms with Crippen LogP contribution in [0.25, 0.3) is 0 Å². The molecule has 2 heterocycles. The Morgan fingerprint density at radius 3 is 3.00 bits per heavy atom. The van der Waals surface area contributed by atoms with Gasteiger partial charge in [-0.15, -0.1) is 0 Å². The van der Waals surface area contributed by atoms with Gasteiger partial charge < -0.3 is 10.1 Å². The van der Waals surface area contributed by atoms with Gasteiger partial charge in [-0.25, -0.2) is 9.37 Å². The molecule has 28 heavy (non-hydrogen) atoms. The van der Waals surface area contributed by atoms with Crippen molar-refractivity contribution in [2.75, 3.05) is 18.0 Å². The topological polar surface area (TPSA) is 74.0 Å². The summed E-state index contributed by atoms with van der Waals surface area (Å²) in [5.74, 6) is 0.0740. The van der Waals surface area contributed by atoms with E-state index in [0.29, 0.717) is 28.1 Å². The molecule has 1 fully saturated rings. The summed E-state index contributed by atoms with van der Waals surface area (Å²) in [7, 11) is 1.93. The summed E-state index contributed by atoms with van der Waals surface area (Å²) in [5, 5.41) is 12.7. The Balaban J connectivity index is 2.03. The third-order valence-electron chi connectivity index (χ3n) is 4.97. The van der Waals surface area contributed by atoms with Crippen molar-refractivity contribution in [3.8, 4) is 6.07 Å². The molecular formula is C19H21BBrFN5O. The van der Waals surface area contributed by atoms with Gasteiger partial charge in [-0.2, -0.15) is 5.26 Å². The van der Waals surface area contributed by atoms with Crippen molar-refractivity contribution in [3.63, 3.8) is 0 Å². The lowest BCUT2D eigenvalue weighted by atomic mass is 9.84. The number of nitrogens with one attached hydrogen (secondary N) is 1. The van der Waals surface area contributed by atoms with Crippen molar-refractivity contribution in [2.24, 2.45) is 0 Å². The van der Waals surface area contributed by atoms with Gasteiger partial charge in [0, 0.05) is 18.6 Å². The number of anilines is 1. The molecule has 0 saturated carbocycles. The zero-order valence-corrected chi connectivity index (χ0v) is 17.5. The second kappa shape index (κ2) is 8.45. The average Bonchev–Trinajstić information content (AvgIpc) is 2.66. The van der Waals surface area contributed by atoms with Gasteiger partial charge in [-0.1, -0.05) is 6.82 Å². The SMILES string of the molecule is C[B]N[C@]1(C)CCCN(c2ncc(Br)c(=O)n2Cc2cc(F)ccc2C#N)C1. The Morgan fingerprint density at radius 1 is 1.50 bits per heavy atom. The number of aromatic nitrogens is 2. The summed E-state index contributed by atoms with van der Waals surface area (Å²) in [6, 6.07) is 6.03. The standard InChI is InChI=1S/C19H21BBrFN5O/c1-19(25-20-2)6-3-7-26(12-19)18-24-10-16(21)17(28)27(18)11-14-8-15(22)5-4-13(14)9-23/h4-5,8,10,25H,3,6-7,11-12H2,1-2H3/t19-/m1/s1. The van der Waals surface area contributed by atoms with Gasteiger partial charge in [0.1, 0.15) is 10.3 Å². The summed E-state index contributed by atoms with van der Waals surface area (Å²) >= 11 is 3.24. The lowest BCUT2D eigenvalue weighted by molar-refractivity contribution is 0.340. The molecule has 0 bridgehead atoms. The molecule has 1 radical (unpaired) electrons. The highest BCUT2D eigenvalue weighted by Crippen LogP contribution is 2.25. The van der Waals surface area contributed by atoms with Gasteiger partial charge in [0.05, 0.1) is 24.4 Å². The minimum absolute atomic E-state index is 0.0712. The Labute approximate surface area is 172 Å². The maximum atomic E-state index is 13.8. The number of benzene rings is 1. The van der Waals surface area contributed by atoms with E-state index in [9.17, 15) is 14.4 Å². The fraction of sp³-hybridized carbons (Fsp3) is 0.421. The van der Waals surface area contributed by atoms with Crippen LogP contribution in [0, 0.1) is 17.1 Å². The molecule has 1 aromatic heterocycles. The van der Waals surface area contributed by atoms with Crippen LogP contribution in [-0.4, -0.2) is 35.6 Å². The number of hydrogen-bond donors (Lipinski definition) is 1. The molecule has 0 unspecified atom stereocenters. The van der Waals surface area contributed by atoms with Crippen molar-refractivity contribution < 1.29 is 4.39 Å². The predicted molar refractivity (Wildman–Crippen MR) is 111 cm³/mol. The Kier molecular flexibility index (Phi) is 6.21. The van der Waals surface area contributed by atoms with Crippen molar-refractivity contribution in [3.05, 3.63) is 56.2 Å². The minimum Gasteiger partial charge on any atom is -0.354 e. The number of nitriles is 1. The molecule has 1 aromatic carbocycles. The van der Waals surface area contributed by atoms with Crippen LogP contribution >= 0.6 is 15.9 Å². The number of nitrogens with zero attached hydrogens (tertiary/aromatic N) is 4. The van der Waals surface area contributed by atoms with E-state index >= 15 is 0 Å². The van der Waals surface area contributed by atoms with Crippen LogP contribution in [-0.2, 0) is 6.54 Å². The second-order valence-electron chi connectivity index (χ2n) is 7.23. The molecule has 1 aliphatic rings. The van der Waals surface area contributed by atoms with Gasteiger partial charge in [0.2, 0.25) is 13.4 Å². The first-order valence-electron chi connectivity index (χ1n) is 9.11. The molecule has 1 aliphatic heterocycles. The van der Waals surface area contributed by atoms with Crippen LogP contribution in [0.15, 0.2) is 33.7 Å². The van der Waals surface area contributed by atoms with E-state index in [4.69, 9.17) is 0 Å². The normalized spacial score (nSPS) is 19.3. The molecule has 1 N–H and O–H groups in total. The van der Waals surface area contributed by atoms with Crippen LogP contribution in [0.4, 0.5) is 10.3 Å². The first-order chi connectivity index (χ1) is 13.4. The fourth-order valence-corrected chi connectivity index (χ4v) is 4.02. The predicted octanol–water partition coefficient (Wildman–Crippen LogP) is 2.68. The molecule has 3 rings (SSSR count). The van der Waals surface area contributed by atoms with Gasteiger partial charge >= 0.3 is 0 Å². The van der Waals surface area contributed by atoms with E-state index in [1.165, 1.54) is 29.0 Å². The monoisotopic (exact) mass is 444 g/mol. The minimum atomic E-state index is -0.445. The highest BCUT2D eigenvalue weighted by atomic mass is 79.9. The van der Waals surface area contributed by atoms with E-state index in [0.717, 1.165) is 19.4 Å². The molecule has 0 amide bonds. The summed E-state index contributed by atoms with van der Waals surface area (Å²) in [5.41, 5.74) is 0.398. The van der Waals surface area contributed by atoms with Crippen molar-refractivity contribution in [1.82, 2.24) is 14.8 Å². The first-order valence-corrected chi connectivity index (χ1v) is 9.90. The van der Waals surface area contributed by atoms with Gasteiger partial charge in [0.25, 0.3) is 5.56 Å². The molecule has 1 saturated heterocycles. The fourth-order valence-electron chi connectivity index (χ4n) is 3.70. The molecule has 6 nitrogen and oxygen atoms in total. The summed E-state index contributed by atoms with van der Waals surface area (Å²) in [4.78, 5) is 19.4. The van der Waals surface area contributed by atoms with E-state index in [1.807, 2.05) is 14.2 Å². The maximum absolute atomic E-state index is 13.8. The molecular weight excluding hydrogens is 424 g/mol. The van der Waals surface area contributed by atoms with Gasteiger partial charge in [0.15, 0.2) is 0 Å². The zero-order valence-electron chi connectivity index (χ0n) is 15.9. The summed E-state index contributed by atoms with van der Waals surface area (Å²) in [6.07, 6.45) is 3.46. The molecule has 0 spiro atoms. The van der Waals surface area contributed by atoms with E-state index in [1.54, 1.807) is 0 Å². The highest BCUT2D eigenvalue weighted by molar-refractivity contribution is 9.10. The third-order valence-corrected chi connectivity index (χ3v) is 5.52. The van der Waals surface area contributed by atoms with Crippen LogP contribution in [0.3, 0.4) is 0 Å². The van der Waals surface area contributed by atoms with Gasteiger partial charge in [-0.05, 0) is 59.5 Å². The highest BCUT2D eigenvalue weighted by Gasteiger charge is 2.32. The van der Waals surface area contributed by atoms with Crippen LogP contribution < -0.4 is 15.7 Å². The number of hydrogen-bond acceptors (Lipinski definition) is 5. The Hall–Kier alpha value is -2.18. The Bertz CT molecular complexity index is 972. The van der Waals surface area contributed by atoms with Crippen LogP contribution in [0.1, 0.15) is 30.9 Å². The second-order valence-corrected chi connectivity index (χ2v) is 8.08. The van der Waals surface area contributed by atoms with E-state index in [2.05, 4.69) is 44.0 Å². The summed E-state index contributed by atoms with van der Waals surface area (Å²) < 4.78 is 15.6. The van der Waals surface area contributed by atoms with Gasteiger partial charge in [-0.3, -0.25) is 9.36 Å². The maximum Gasteiger partial charge on any atom is 0.269 e. The Morgan fingerprint density at radius 2 is 2.29 bits per heavy atom. The van der Waals surface area contributed by atoms with Crippen molar-refractivity contribution in [1.29, 1.82) is 5.26 Å². The quantitative estimate of drug-likeness (QED) is 0.717. The van der Waals surface area contributed by atoms with E-state index < -0.39 is 5.82 Å². The van der Waals surface area contributed by atoms with Crippen molar-refractivity contribution in [2.45, 2.75) is 38.7 Å². The number of piperidine rings is 1. The van der Waals surface area contributed by atoms with Crippen molar-refractivity contribution >= 4 is 29.3 Å². The molecule has 0 aliphatic carbocycles. The largest absolute Gasteiger partial charge is 0.354 e. The molecule has 9 heteroatoms. The van der Waals surface area contributed by atoms with E-state index in [-0.39, 0.29) is 17.6 Å². The molecule has 1 atom stereocenters. The van der Waals surface area contributed by atoms with Crippen LogP contribution in [0.5, 0.6) is 0 Å². The lowest BCUT2D eigenvalue weighted by Crippen LogP contribution is -2.56. The number of halogens is 2. The lowest BCUT2D eigenvalue weighted by Gasteiger charge is -2.42. The first kappa shape index (κ1) is 20.6. The smallest absolute Gasteiger partial charge is 0.269 e.